The standard InChI is InChI=1S/C24H33NO2/c1-17(26)27-16-24(21-6-4-3-5-7-21)14-22(24)15-25(2)23-11-18-8-19(12-23)10-20(9-18)13-23/h3-7,18-20,22H,8-16H2,1-2H3/t18?,19?,20?,22-,23?,24+/m1/s1. The van der Waals surface area contributed by atoms with E-state index in [0.717, 1.165) is 30.7 Å². The van der Waals surface area contributed by atoms with Crippen LogP contribution in [0.2, 0.25) is 0 Å². The quantitative estimate of drug-likeness (QED) is 0.698. The van der Waals surface area contributed by atoms with Crippen molar-refractivity contribution in [3.63, 3.8) is 0 Å². The maximum atomic E-state index is 11.5. The lowest BCUT2D eigenvalue weighted by Crippen LogP contribution is -2.59. The molecule has 0 radical (unpaired) electrons. The first-order valence-corrected chi connectivity index (χ1v) is 10.9. The molecule has 27 heavy (non-hydrogen) atoms. The third kappa shape index (κ3) is 3.03. The minimum atomic E-state index is -0.162. The first-order valence-electron chi connectivity index (χ1n) is 10.9. The third-order valence-corrected chi connectivity index (χ3v) is 8.42. The molecule has 0 aromatic heterocycles. The molecular formula is C24H33NO2. The molecule has 5 aliphatic carbocycles. The van der Waals surface area contributed by atoms with Crippen LogP contribution in [0.5, 0.6) is 0 Å². The number of benzene rings is 1. The molecule has 5 aliphatic rings. The minimum Gasteiger partial charge on any atom is -0.465 e. The van der Waals surface area contributed by atoms with Gasteiger partial charge in [0, 0.05) is 24.4 Å². The van der Waals surface area contributed by atoms with Crippen LogP contribution in [-0.2, 0) is 14.9 Å². The first kappa shape index (κ1) is 17.7. The summed E-state index contributed by atoms with van der Waals surface area (Å²) in [7, 11) is 2.38. The summed E-state index contributed by atoms with van der Waals surface area (Å²) >= 11 is 0. The highest BCUT2D eigenvalue weighted by atomic mass is 16.5. The van der Waals surface area contributed by atoms with Crippen LogP contribution in [0.4, 0.5) is 0 Å². The molecule has 6 rings (SSSR count). The van der Waals surface area contributed by atoms with Gasteiger partial charge in [0.1, 0.15) is 6.61 Å². The molecule has 146 valence electrons. The summed E-state index contributed by atoms with van der Waals surface area (Å²) in [4.78, 5) is 14.2. The topological polar surface area (TPSA) is 29.5 Å². The molecule has 0 aliphatic heterocycles. The number of hydrogen-bond donors (Lipinski definition) is 0. The Hall–Kier alpha value is -1.35. The van der Waals surface area contributed by atoms with Gasteiger partial charge in [-0.05, 0) is 81.2 Å². The van der Waals surface area contributed by atoms with Crippen molar-refractivity contribution in [1.29, 1.82) is 0 Å². The largest absolute Gasteiger partial charge is 0.465 e. The van der Waals surface area contributed by atoms with Gasteiger partial charge < -0.3 is 9.64 Å². The number of rotatable bonds is 6. The van der Waals surface area contributed by atoms with Crippen molar-refractivity contribution < 1.29 is 9.53 Å². The number of nitrogens with zero attached hydrogens (tertiary/aromatic N) is 1. The number of carbonyl (C=O) groups excluding carboxylic acids is 1. The van der Waals surface area contributed by atoms with Crippen molar-refractivity contribution in [2.45, 2.75) is 62.8 Å². The zero-order chi connectivity index (χ0) is 18.6. The van der Waals surface area contributed by atoms with Crippen LogP contribution in [0, 0.1) is 23.7 Å². The molecule has 0 amide bonds. The Labute approximate surface area is 163 Å². The van der Waals surface area contributed by atoms with Gasteiger partial charge in [0.25, 0.3) is 0 Å². The summed E-state index contributed by atoms with van der Waals surface area (Å²) in [6, 6.07) is 10.7. The molecule has 3 nitrogen and oxygen atoms in total. The van der Waals surface area contributed by atoms with E-state index in [4.69, 9.17) is 4.74 Å². The maximum Gasteiger partial charge on any atom is 0.302 e. The average Bonchev–Trinajstić information content (AvgIpc) is 3.33. The summed E-state index contributed by atoms with van der Waals surface area (Å²) in [6.07, 6.45) is 9.89. The van der Waals surface area contributed by atoms with Crippen molar-refractivity contribution in [2.24, 2.45) is 23.7 Å². The van der Waals surface area contributed by atoms with Crippen LogP contribution in [0.25, 0.3) is 0 Å². The van der Waals surface area contributed by atoms with E-state index >= 15 is 0 Å². The second-order valence-corrected chi connectivity index (χ2v) is 10.2. The molecule has 0 heterocycles. The van der Waals surface area contributed by atoms with Gasteiger partial charge in [-0.3, -0.25) is 4.79 Å². The molecular weight excluding hydrogens is 334 g/mol. The molecule has 0 unspecified atom stereocenters. The molecule has 0 spiro atoms. The molecule has 3 heteroatoms. The van der Waals surface area contributed by atoms with Gasteiger partial charge in [0.05, 0.1) is 0 Å². The summed E-state index contributed by atoms with van der Waals surface area (Å²) in [5.41, 5.74) is 1.83. The van der Waals surface area contributed by atoms with Crippen LogP contribution in [0.15, 0.2) is 30.3 Å². The molecule has 0 saturated heterocycles. The lowest BCUT2D eigenvalue weighted by Gasteiger charge is -2.60. The van der Waals surface area contributed by atoms with Crippen molar-refractivity contribution in [3.8, 4) is 0 Å². The molecule has 5 saturated carbocycles. The molecule has 1 aromatic carbocycles. The van der Waals surface area contributed by atoms with Crippen LogP contribution < -0.4 is 0 Å². The van der Waals surface area contributed by atoms with Gasteiger partial charge >= 0.3 is 5.97 Å². The normalized spacial score (nSPS) is 41.7. The van der Waals surface area contributed by atoms with Crippen LogP contribution in [-0.4, -0.2) is 36.6 Å². The van der Waals surface area contributed by atoms with E-state index in [0.29, 0.717) is 18.1 Å². The Balaban J connectivity index is 1.32. The van der Waals surface area contributed by atoms with Gasteiger partial charge in [0.15, 0.2) is 0 Å². The molecule has 2 atom stereocenters. The Bertz CT molecular complexity index is 679. The number of hydrogen-bond acceptors (Lipinski definition) is 3. The lowest BCUT2D eigenvalue weighted by molar-refractivity contribution is -0.142. The molecule has 0 N–H and O–H groups in total. The van der Waals surface area contributed by atoms with Gasteiger partial charge in [-0.15, -0.1) is 0 Å². The predicted molar refractivity (Wildman–Crippen MR) is 106 cm³/mol. The molecule has 5 fully saturated rings. The van der Waals surface area contributed by atoms with Gasteiger partial charge in [-0.2, -0.15) is 0 Å². The SMILES string of the molecule is CC(=O)OC[C@]1(c2ccccc2)C[C@@H]1CN(C)C12CC3CC(CC(C3)C1)C2. The number of esters is 1. The van der Waals surface area contributed by atoms with Gasteiger partial charge in [-0.25, -0.2) is 0 Å². The van der Waals surface area contributed by atoms with E-state index in [-0.39, 0.29) is 11.4 Å². The van der Waals surface area contributed by atoms with E-state index in [2.05, 4.69) is 42.3 Å². The second kappa shape index (κ2) is 6.34. The van der Waals surface area contributed by atoms with Gasteiger partial charge in [-0.1, -0.05) is 30.3 Å². The smallest absolute Gasteiger partial charge is 0.302 e. The second-order valence-electron chi connectivity index (χ2n) is 10.2. The summed E-state index contributed by atoms with van der Waals surface area (Å²) in [5.74, 6) is 3.39. The minimum absolute atomic E-state index is 0.0312. The van der Waals surface area contributed by atoms with Crippen LogP contribution in [0.1, 0.15) is 57.4 Å². The average molecular weight is 368 g/mol. The van der Waals surface area contributed by atoms with Crippen molar-refractivity contribution >= 4 is 5.97 Å². The predicted octanol–water partition coefficient (Wildman–Crippen LogP) is 4.41. The van der Waals surface area contributed by atoms with E-state index < -0.39 is 0 Å². The maximum absolute atomic E-state index is 11.5. The fourth-order valence-electron chi connectivity index (χ4n) is 7.29. The van der Waals surface area contributed by atoms with Crippen molar-refractivity contribution in [2.75, 3.05) is 20.2 Å². The van der Waals surface area contributed by atoms with E-state index in [1.807, 2.05) is 0 Å². The molecule has 4 bridgehead atoms. The van der Waals surface area contributed by atoms with E-state index in [9.17, 15) is 4.79 Å². The third-order valence-electron chi connectivity index (χ3n) is 8.42. The lowest BCUT2D eigenvalue weighted by atomic mass is 9.52. The number of carbonyl (C=O) groups is 1. The fourth-order valence-corrected chi connectivity index (χ4v) is 7.29. The van der Waals surface area contributed by atoms with Crippen LogP contribution in [0.3, 0.4) is 0 Å². The highest BCUT2D eigenvalue weighted by molar-refractivity contribution is 5.66. The zero-order valence-electron chi connectivity index (χ0n) is 16.8. The van der Waals surface area contributed by atoms with Gasteiger partial charge in [0.2, 0.25) is 0 Å². The summed E-state index contributed by atoms with van der Waals surface area (Å²) in [5, 5.41) is 0. The van der Waals surface area contributed by atoms with Crippen LogP contribution >= 0.6 is 0 Å². The van der Waals surface area contributed by atoms with E-state index in [1.54, 1.807) is 0 Å². The highest BCUT2D eigenvalue weighted by Gasteiger charge is 2.59. The Kier molecular flexibility index (Phi) is 4.16. The molecule has 1 aromatic rings. The summed E-state index contributed by atoms with van der Waals surface area (Å²) < 4.78 is 5.53. The van der Waals surface area contributed by atoms with Crippen molar-refractivity contribution in [3.05, 3.63) is 35.9 Å². The first-order chi connectivity index (χ1) is 13.0. The van der Waals surface area contributed by atoms with Crippen molar-refractivity contribution in [1.82, 2.24) is 4.90 Å². The summed E-state index contributed by atoms with van der Waals surface area (Å²) in [6.45, 7) is 3.20. The highest BCUT2D eigenvalue weighted by Crippen LogP contribution is 2.60. The Morgan fingerprint density at radius 3 is 2.19 bits per heavy atom. The fraction of sp³-hybridized carbons (Fsp3) is 0.708. The number of ether oxygens (including phenoxy) is 1. The zero-order valence-corrected chi connectivity index (χ0v) is 16.8. The Morgan fingerprint density at radius 1 is 1.04 bits per heavy atom. The Morgan fingerprint density at radius 2 is 1.63 bits per heavy atom. The monoisotopic (exact) mass is 367 g/mol. The van der Waals surface area contributed by atoms with E-state index in [1.165, 1.54) is 51.0 Å².